The predicted molar refractivity (Wildman–Crippen MR) is 153 cm³/mol. The number of fused-ring (bicyclic) bond motifs is 1. The molecule has 202 valence electrons. The predicted octanol–water partition coefficient (Wildman–Crippen LogP) is 5.87. The van der Waals surface area contributed by atoms with Crippen molar-refractivity contribution in [2.24, 2.45) is 0 Å². The van der Waals surface area contributed by atoms with Gasteiger partial charge < -0.3 is 24.7 Å². The van der Waals surface area contributed by atoms with Crippen molar-refractivity contribution in [2.45, 2.75) is 51.2 Å². The molecule has 1 aliphatic carbocycles. The van der Waals surface area contributed by atoms with Gasteiger partial charge in [0.05, 0.1) is 10.9 Å². The molecule has 1 saturated carbocycles. The second-order valence-electron chi connectivity index (χ2n) is 11.4. The van der Waals surface area contributed by atoms with Crippen LogP contribution in [-0.2, 0) is 10.3 Å². The molecule has 0 bridgehead atoms. The van der Waals surface area contributed by atoms with Gasteiger partial charge in [-0.2, -0.15) is 4.98 Å². The van der Waals surface area contributed by atoms with E-state index in [2.05, 4.69) is 51.9 Å². The number of alkyl carbamates (subject to hydrolysis) is 1. The van der Waals surface area contributed by atoms with Gasteiger partial charge in [-0.15, -0.1) is 0 Å². The standard InChI is InChI=1S/C31H35N5O3/c1-30(2,3)39-29(37)35-31(14-7-15-31)23-12-10-22(11-13-23)26-25(21-8-5-4-6-9-21)24-20-33-28(34-27(24)38-26)36-18-16-32-17-19-36/h4-6,8-13,20,32H,7,14-19H2,1-3H3,(H,35,37). The maximum atomic E-state index is 12.6. The van der Waals surface area contributed by atoms with Crippen LogP contribution in [0.2, 0.25) is 0 Å². The Morgan fingerprint density at radius 3 is 2.38 bits per heavy atom. The molecule has 0 spiro atoms. The number of carbonyl (C=O) groups excluding carboxylic acids is 1. The topological polar surface area (TPSA) is 92.5 Å². The molecule has 3 heterocycles. The van der Waals surface area contributed by atoms with Crippen LogP contribution < -0.4 is 15.5 Å². The van der Waals surface area contributed by atoms with E-state index in [0.717, 1.165) is 78.8 Å². The van der Waals surface area contributed by atoms with Crippen molar-refractivity contribution >= 4 is 23.1 Å². The number of hydrogen-bond donors (Lipinski definition) is 2. The van der Waals surface area contributed by atoms with E-state index in [9.17, 15) is 4.79 Å². The highest BCUT2D eigenvalue weighted by Crippen LogP contribution is 2.44. The van der Waals surface area contributed by atoms with E-state index >= 15 is 0 Å². The lowest BCUT2D eigenvalue weighted by Gasteiger charge is -2.43. The SMILES string of the molecule is CC(C)(C)OC(=O)NC1(c2ccc(-c3oc4nc(N5CCNCC5)ncc4c3-c3ccccc3)cc2)CCC1. The number of ether oxygens (including phenoxy) is 1. The molecule has 1 saturated heterocycles. The number of hydrogen-bond acceptors (Lipinski definition) is 7. The molecule has 8 heteroatoms. The second-order valence-corrected chi connectivity index (χ2v) is 11.4. The number of aromatic nitrogens is 2. The summed E-state index contributed by atoms with van der Waals surface area (Å²) in [6, 6.07) is 18.6. The van der Waals surface area contributed by atoms with Crippen LogP contribution in [0.25, 0.3) is 33.6 Å². The van der Waals surface area contributed by atoms with Crippen LogP contribution in [0, 0.1) is 0 Å². The van der Waals surface area contributed by atoms with Gasteiger partial charge in [0.15, 0.2) is 0 Å². The summed E-state index contributed by atoms with van der Waals surface area (Å²) in [5.74, 6) is 1.46. The first kappa shape index (κ1) is 25.4. The number of nitrogens with zero attached hydrogens (tertiary/aromatic N) is 3. The maximum Gasteiger partial charge on any atom is 0.408 e. The first-order valence-corrected chi connectivity index (χ1v) is 13.7. The lowest BCUT2D eigenvalue weighted by atomic mass is 9.71. The van der Waals surface area contributed by atoms with E-state index in [1.54, 1.807) is 0 Å². The van der Waals surface area contributed by atoms with Crippen LogP contribution >= 0.6 is 0 Å². The molecule has 2 aromatic carbocycles. The molecule has 2 aromatic heterocycles. The third kappa shape index (κ3) is 5.08. The molecule has 2 fully saturated rings. The highest BCUT2D eigenvalue weighted by Gasteiger charge is 2.41. The molecule has 0 atom stereocenters. The monoisotopic (exact) mass is 525 g/mol. The summed E-state index contributed by atoms with van der Waals surface area (Å²) in [5.41, 5.74) is 3.69. The number of anilines is 1. The van der Waals surface area contributed by atoms with Gasteiger partial charge in [0.1, 0.15) is 11.4 Å². The molecule has 1 amide bonds. The summed E-state index contributed by atoms with van der Waals surface area (Å²) in [7, 11) is 0. The van der Waals surface area contributed by atoms with Crippen LogP contribution in [0.5, 0.6) is 0 Å². The van der Waals surface area contributed by atoms with Gasteiger partial charge in [-0.3, -0.25) is 0 Å². The van der Waals surface area contributed by atoms with E-state index in [1.165, 1.54) is 0 Å². The maximum absolute atomic E-state index is 12.6. The zero-order valence-electron chi connectivity index (χ0n) is 22.8. The Hall–Kier alpha value is -3.91. The molecular formula is C31H35N5O3. The average molecular weight is 526 g/mol. The van der Waals surface area contributed by atoms with Crippen molar-refractivity contribution < 1.29 is 13.9 Å². The number of nitrogens with one attached hydrogen (secondary N) is 2. The third-order valence-corrected chi connectivity index (χ3v) is 7.55. The van der Waals surface area contributed by atoms with Crippen molar-refractivity contribution in [1.82, 2.24) is 20.6 Å². The smallest absolute Gasteiger partial charge is 0.408 e. The number of piperazine rings is 1. The van der Waals surface area contributed by atoms with Crippen molar-refractivity contribution in [3.05, 3.63) is 66.4 Å². The zero-order valence-corrected chi connectivity index (χ0v) is 22.8. The minimum atomic E-state index is -0.540. The Bertz CT molecular complexity index is 1460. The molecule has 0 radical (unpaired) electrons. The van der Waals surface area contributed by atoms with Gasteiger partial charge in [0.25, 0.3) is 0 Å². The minimum Gasteiger partial charge on any atom is -0.444 e. The van der Waals surface area contributed by atoms with Gasteiger partial charge in [-0.25, -0.2) is 9.78 Å². The van der Waals surface area contributed by atoms with E-state index in [-0.39, 0.29) is 6.09 Å². The minimum absolute atomic E-state index is 0.381. The van der Waals surface area contributed by atoms with Crippen molar-refractivity contribution in [1.29, 1.82) is 0 Å². The van der Waals surface area contributed by atoms with Crippen molar-refractivity contribution in [3.63, 3.8) is 0 Å². The van der Waals surface area contributed by atoms with E-state index in [1.807, 2.05) is 45.2 Å². The molecule has 4 aromatic rings. The molecule has 6 rings (SSSR count). The first-order chi connectivity index (χ1) is 18.8. The molecule has 39 heavy (non-hydrogen) atoms. The molecular weight excluding hydrogens is 490 g/mol. The number of rotatable bonds is 5. The third-order valence-electron chi connectivity index (χ3n) is 7.55. The summed E-state index contributed by atoms with van der Waals surface area (Å²) in [6.45, 7) is 9.19. The summed E-state index contributed by atoms with van der Waals surface area (Å²) < 4.78 is 12.0. The average Bonchev–Trinajstić information content (AvgIpc) is 3.30. The zero-order chi connectivity index (χ0) is 27.0. The fourth-order valence-corrected chi connectivity index (χ4v) is 5.44. The van der Waals surface area contributed by atoms with Gasteiger partial charge >= 0.3 is 6.09 Å². The largest absolute Gasteiger partial charge is 0.444 e. The molecule has 2 aliphatic rings. The highest BCUT2D eigenvalue weighted by molar-refractivity contribution is 6.00. The van der Waals surface area contributed by atoms with Gasteiger partial charge in [-0.05, 0) is 51.2 Å². The van der Waals surface area contributed by atoms with Crippen LogP contribution in [0.4, 0.5) is 10.7 Å². The normalized spacial score (nSPS) is 17.1. The van der Waals surface area contributed by atoms with E-state index < -0.39 is 11.1 Å². The molecule has 8 nitrogen and oxygen atoms in total. The fraction of sp³-hybridized carbons (Fsp3) is 0.387. The molecule has 2 N–H and O–H groups in total. The Morgan fingerprint density at radius 2 is 1.74 bits per heavy atom. The quantitative estimate of drug-likeness (QED) is 0.337. The number of amides is 1. The summed E-state index contributed by atoms with van der Waals surface area (Å²) in [4.78, 5) is 24.3. The van der Waals surface area contributed by atoms with Crippen LogP contribution in [0.15, 0.2) is 65.2 Å². The Balaban J connectivity index is 1.36. The summed E-state index contributed by atoms with van der Waals surface area (Å²) in [5, 5.41) is 7.41. The lowest BCUT2D eigenvalue weighted by Crippen LogP contribution is -2.52. The van der Waals surface area contributed by atoms with Crippen molar-refractivity contribution in [3.8, 4) is 22.5 Å². The Kier molecular flexibility index (Phi) is 6.51. The van der Waals surface area contributed by atoms with Crippen LogP contribution in [0.3, 0.4) is 0 Å². The van der Waals surface area contributed by atoms with Gasteiger partial charge in [0, 0.05) is 43.5 Å². The molecule has 0 unspecified atom stereocenters. The van der Waals surface area contributed by atoms with E-state index in [4.69, 9.17) is 19.1 Å². The summed E-state index contributed by atoms with van der Waals surface area (Å²) >= 11 is 0. The summed E-state index contributed by atoms with van der Waals surface area (Å²) in [6.07, 6.45) is 4.34. The fourth-order valence-electron chi connectivity index (χ4n) is 5.44. The van der Waals surface area contributed by atoms with Gasteiger partial charge in [0.2, 0.25) is 11.7 Å². The number of furan rings is 1. The molecule has 1 aliphatic heterocycles. The Labute approximate surface area is 228 Å². The van der Waals surface area contributed by atoms with Crippen LogP contribution in [-0.4, -0.2) is 47.8 Å². The van der Waals surface area contributed by atoms with Crippen LogP contribution in [0.1, 0.15) is 45.6 Å². The Morgan fingerprint density at radius 1 is 1.03 bits per heavy atom. The van der Waals surface area contributed by atoms with E-state index in [0.29, 0.717) is 11.7 Å². The van der Waals surface area contributed by atoms with Crippen molar-refractivity contribution in [2.75, 3.05) is 31.1 Å². The van der Waals surface area contributed by atoms with Gasteiger partial charge in [-0.1, -0.05) is 54.6 Å². The highest BCUT2D eigenvalue weighted by atomic mass is 16.6. The lowest BCUT2D eigenvalue weighted by molar-refractivity contribution is 0.0377. The second kappa shape index (κ2) is 10.0. The number of benzene rings is 2. The number of carbonyl (C=O) groups is 1. The first-order valence-electron chi connectivity index (χ1n) is 13.7.